The molecule has 5 nitrogen and oxygen atoms in total. The lowest BCUT2D eigenvalue weighted by molar-refractivity contribution is -0.0338. The average molecular weight is 449 g/mol. The van der Waals surface area contributed by atoms with Gasteiger partial charge in [-0.1, -0.05) is 42.0 Å². The molecule has 3 aliphatic rings. The van der Waals surface area contributed by atoms with Gasteiger partial charge in [0.15, 0.2) is 0 Å². The van der Waals surface area contributed by atoms with E-state index in [1.54, 1.807) is 30.5 Å². The third-order valence-electron chi connectivity index (χ3n) is 7.03. The second kappa shape index (κ2) is 8.43. The molecular formula is C26H28N2O3S. The molecule has 3 fully saturated rings. The summed E-state index contributed by atoms with van der Waals surface area (Å²) in [6.07, 6.45) is 5.19. The lowest BCUT2D eigenvalue weighted by Gasteiger charge is -2.51. The fourth-order valence-corrected chi connectivity index (χ4v) is 6.36. The molecule has 0 radical (unpaired) electrons. The van der Waals surface area contributed by atoms with Crippen molar-refractivity contribution in [2.45, 2.75) is 36.8 Å². The first-order chi connectivity index (χ1) is 15.5. The zero-order chi connectivity index (χ0) is 22.3. The predicted molar refractivity (Wildman–Crippen MR) is 126 cm³/mol. The van der Waals surface area contributed by atoms with Crippen molar-refractivity contribution in [1.82, 2.24) is 9.88 Å². The van der Waals surface area contributed by atoms with Gasteiger partial charge >= 0.3 is 0 Å². The highest BCUT2D eigenvalue weighted by Crippen LogP contribution is 2.44. The molecule has 3 aliphatic heterocycles. The van der Waals surface area contributed by atoms with Gasteiger partial charge in [-0.25, -0.2) is 0 Å². The van der Waals surface area contributed by atoms with Crippen molar-refractivity contribution in [3.05, 3.63) is 84.6 Å². The normalized spacial score (nSPS) is 26.2. The Hall–Kier alpha value is -2.54. The van der Waals surface area contributed by atoms with E-state index in [9.17, 15) is 8.42 Å². The summed E-state index contributed by atoms with van der Waals surface area (Å²) in [5, 5.41) is 0.932. The van der Waals surface area contributed by atoms with Crippen molar-refractivity contribution in [3.8, 4) is 0 Å². The molecular weight excluding hydrogens is 420 g/mol. The summed E-state index contributed by atoms with van der Waals surface area (Å²) in [5.41, 5.74) is 2.72. The third-order valence-corrected chi connectivity index (χ3v) is 8.34. The van der Waals surface area contributed by atoms with Gasteiger partial charge < -0.3 is 0 Å². The second-order valence-electron chi connectivity index (χ2n) is 8.95. The molecule has 2 bridgehead atoms. The summed E-state index contributed by atoms with van der Waals surface area (Å²) >= 11 is 0. The number of aromatic nitrogens is 1. The van der Waals surface area contributed by atoms with Gasteiger partial charge in [0.25, 0.3) is 10.1 Å². The second-order valence-corrected chi connectivity index (χ2v) is 10.5. The SMILES string of the molecule is C=C[C@H]1CN2CC[C@H]1C[C@@H]2[C@@H](OS(=O)(=O)c1ccc(C)cc1)c1ccnc2ccccc12. The topological polar surface area (TPSA) is 59.5 Å². The van der Waals surface area contributed by atoms with Crippen molar-refractivity contribution < 1.29 is 12.6 Å². The number of benzene rings is 2. The van der Waals surface area contributed by atoms with Gasteiger partial charge in [-0.15, -0.1) is 6.58 Å². The maximum Gasteiger partial charge on any atom is 0.297 e. The summed E-state index contributed by atoms with van der Waals surface area (Å²) < 4.78 is 32.8. The molecule has 1 unspecified atom stereocenters. The lowest BCUT2D eigenvalue weighted by Crippen LogP contribution is -2.55. The zero-order valence-electron chi connectivity index (χ0n) is 18.2. The van der Waals surface area contributed by atoms with Crippen LogP contribution in [-0.2, 0) is 14.3 Å². The van der Waals surface area contributed by atoms with E-state index in [0.29, 0.717) is 11.8 Å². The van der Waals surface area contributed by atoms with E-state index in [1.165, 1.54) is 0 Å². The van der Waals surface area contributed by atoms with E-state index in [-0.39, 0.29) is 10.9 Å². The fraction of sp³-hybridized carbons (Fsp3) is 0.346. The number of nitrogens with zero attached hydrogens (tertiary/aromatic N) is 2. The number of fused-ring (bicyclic) bond motifs is 4. The van der Waals surface area contributed by atoms with Crippen molar-refractivity contribution in [1.29, 1.82) is 0 Å². The Balaban J connectivity index is 1.58. The number of hydrogen-bond acceptors (Lipinski definition) is 5. The highest BCUT2D eigenvalue weighted by atomic mass is 32.2. The van der Waals surface area contributed by atoms with Gasteiger partial charge in [-0.3, -0.25) is 14.1 Å². The molecule has 32 heavy (non-hydrogen) atoms. The molecule has 6 rings (SSSR count). The number of aryl methyl sites for hydroxylation is 1. The molecule has 3 saturated heterocycles. The smallest absolute Gasteiger partial charge is 0.297 e. The van der Waals surface area contributed by atoms with Crippen LogP contribution < -0.4 is 0 Å². The summed E-state index contributed by atoms with van der Waals surface area (Å²) in [6, 6.07) is 16.6. The van der Waals surface area contributed by atoms with Crippen LogP contribution in [0.2, 0.25) is 0 Å². The third kappa shape index (κ3) is 3.87. The molecule has 166 valence electrons. The van der Waals surface area contributed by atoms with Gasteiger partial charge in [0.05, 0.1) is 10.4 Å². The number of hydrogen-bond donors (Lipinski definition) is 0. The standard InChI is InChI=1S/C26H28N2O3S/c1-3-19-17-28-15-13-20(19)16-25(28)26(23-12-14-27-24-7-5-4-6-22(23)24)31-32(29,30)21-10-8-18(2)9-11-21/h3-12,14,19-20,25-26H,1,13,15-17H2,2H3/t19-,20-,25+,26-/m0/s1. The van der Waals surface area contributed by atoms with E-state index in [2.05, 4.69) is 16.5 Å². The Morgan fingerprint density at radius 1 is 1.16 bits per heavy atom. The van der Waals surface area contributed by atoms with E-state index >= 15 is 0 Å². The van der Waals surface area contributed by atoms with E-state index < -0.39 is 16.2 Å². The number of rotatable bonds is 6. The van der Waals surface area contributed by atoms with Crippen LogP contribution in [0.1, 0.15) is 30.1 Å². The number of pyridine rings is 1. The highest BCUT2D eigenvalue weighted by molar-refractivity contribution is 7.86. The molecule has 0 N–H and O–H groups in total. The van der Waals surface area contributed by atoms with Gasteiger partial charge in [-0.05, 0) is 68.0 Å². The number of para-hydroxylation sites is 1. The van der Waals surface area contributed by atoms with Gasteiger partial charge in [0.1, 0.15) is 6.10 Å². The van der Waals surface area contributed by atoms with Crippen molar-refractivity contribution in [3.63, 3.8) is 0 Å². The minimum atomic E-state index is -3.95. The average Bonchev–Trinajstić information content (AvgIpc) is 2.82. The van der Waals surface area contributed by atoms with Crippen molar-refractivity contribution >= 4 is 21.0 Å². The van der Waals surface area contributed by atoms with Crippen molar-refractivity contribution in [2.75, 3.05) is 13.1 Å². The Labute approximate surface area is 189 Å². The first-order valence-electron chi connectivity index (χ1n) is 11.2. The van der Waals surface area contributed by atoms with Crippen LogP contribution in [0.15, 0.2) is 78.3 Å². The van der Waals surface area contributed by atoms with E-state index in [0.717, 1.165) is 48.0 Å². The predicted octanol–water partition coefficient (Wildman–Crippen LogP) is 4.89. The van der Waals surface area contributed by atoms with Gasteiger partial charge in [-0.2, -0.15) is 8.42 Å². The zero-order valence-corrected chi connectivity index (χ0v) is 19.0. The van der Waals surface area contributed by atoms with Gasteiger partial charge in [0.2, 0.25) is 0 Å². The molecule has 5 atom stereocenters. The monoisotopic (exact) mass is 448 g/mol. The van der Waals surface area contributed by atoms with E-state index in [4.69, 9.17) is 4.18 Å². The summed E-state index contributed by atoms with van der Waals surface area (Å²) in [5.74, 6) is 0.951. The van der Waals surface area contributed by atoms with Crippen LogP contribution in [0.3, 0.4) is 0 Å². The summed E-state index contributed by atoms with van der Waals surface area (Å²) in [6.45, 7) is 7.80. The molecule has 2 aromatic carbocycles. The van der Waals surface area contributed by atoms with Crippen LogP contribution >= 0.6 is 0 Å². The Morgan fingerprint density at radius 3 is 2.66 bits per heavy atom. The lowest BCUT2D eigenvalue weighted by atomic mass is 9.73. The Morgan fingerprint density at radius 2 is 1.94 bits per heavy atom. The number of piperidine rings is 3. The van der Waals surface area contributed by atoms with Crippen LogP contribution in [0.5, 0.6) is 0 Å². The van der Waals surface area contributed by atoms with Crippen LogP contribution in [0.25, 0.3) is 10.9 Å². The van der Waals surface area contributed by atoms with Crippen LogP contribution in [0, 0.1) is 18.8 Å². The molecule has 4 heterocycles. The molecule has 1 aromatic heterocycles. The molecule has 0 amide bonds. The molecule has 0 spiro atoms. The van der Waals surface area contributed by atoms with Crippen LogP contribution in [-0.4, -0.2) is 37.4 Å². The Kier molecular flexibility index (Phi) is 5.61. The fourth-order valence-electron chi connectivity index (χ4n) is 5.28. The highest BCUT2D eigenvalue weighted by Gasteiger charge is 2.44. The Bertz CT molecular complexity index is 1230. The molecule has 0 saturated carbocycles. The van der Waals surface area contributed by atoms with Gasteiger partial charge in [0, 0.05) is 24.2 Å². The summed E-state index contributed by atoms with van der Waals surface area (Å²) in [7, 11) is -3.95. The van der Waals surface area contributed by atoms with Crippen LogP contribution in [0.4, 0.5) is 0 Å². The maximum absolute atomic E-state index is 13.4. The first-order valence-corrected chi connectivity index (χ1v) is 12.6. The van der Waals surface area contributed by atoms with Crippen molar-refractivity contribution in [2.24, 2.45) is 11.8 Å². The molecule has 3 aromatic rings. The summed E-state index contributed by atoms with van der Waals surface area (Å²) in [4.78, 5) is 7.05. The first kappa shape index (κ1) is 21.3. The quantitative estimate of drug-likeness (QED) is 0.397. The largest absolute Gasteiger partial charge is 0.297 e. The minimum Gasteiger partial charge on any atom is -0.297 e. The molecule has 0 aliphatic carbocycles. The maximum atomic E-state index is 13.4. The van der Waals surface area contributed by atoms with E-state index in [1.807, 2.05) is 43.3 Å². The molecule has 6 heteroatoms. The minimum absolute atomic E-state index is 0.0176.